The van der Waals surface area contributed by atoms with Crippen LogP contribution in [0.15, 0.2) is 48.5 Å². The fraction of sp³-hybridized carbons (Fsp3) is 0.214. The van der Waals surface area contributed by atoms with Gasteiger partial charge in [0, 0.05) is 6.54 Å². The Kier molecular flexibility index (Phi) is 3.99. The van der Waals surface area contributed by atoms with Gasteiger partial charge >= 0.3 is 0 Å². The van der Waals surface area contributed by atoms with E-state index in [4.69, 9.17) is 11.6 Å². The Morgan fingerprint density at radius 2 is 1.88 bits per heavy atom. The third kappa shape index (κ3) is 3.46. The van der Waals surface area contributed by atoms with Gasteiger partial charge in [-0.25, -0.2) is 4.98 Å². The van der Waals surface area contributed by atoms with Crippen molar-refractivity contribution in [3.8, 4) is 0 Å². The highest BCUT2D eigenvalue weighted by atomic mass is 35.5. The van der Waals surface area contributed by atoms with Crippen LogP contribution < -0.4 is 5.32 Å². The molecule has 0 radical (unpaired) electrons. The van der Waals surface area contributed by atoms with Gasteiger partial charge in [-0.2, -0.15) is 0 Å². The zero-order chi connectivity index (χ0) is 12.1. The topological polar surface area (TPSA) is 24.9 Å². The highest BCUT2D eigenvalue weighted by molar-refractivity contribution is 6.29. The Labute approximate surface area is 107 Å². The summed E-state index contributed by atoms with van der Waals surface area (Å²) in [6.07, 6.45) is 0. The number of nitrogens with one attached hydrogen (secondary N) is 1. The predicted octanol–water partition coefficient (Wildman–Crippen LogP) is 3.95. The van der Waals surface area contributed by atoms with Crippen LogP contribution in [0.1, 0.15) is 18.4 Å². The molecule has 0 saturated heterocycles. The molecule has 0 amide bonds. The molecule has 1 heterocycles. The second-order valence-corrected chi connectivity index (χ2v) is 4.43. The van der Waals surface area contributed by atoms with Crippen molar-refractivity contribution in [1.82, 2.24) is 4.98 Å². The van der Waals surface area contributed by atoms with Crippen LogP contribution in [0.4, 0.5) is 5.82 Å². The van der Waals surface area contributed by atoms with Crippen LogP contribution in [-0.2, 0) is 0 Å². The molecular weight excluding hydrogens is 232 g/mol. The third-order valence-corrected chi connectivity index (χ3v) is 2.88. The first-order valence-corrected chi connectivity index (χ1v) is 6.05. The number of hydrogen-bond donors (Lipinski definition) is 1. The Bertz CT molecular complexity index is 471. The fourth-order valence-corrected chi connectivity index (χ4v) is 1.83. The quantitative estimate of drug-likeness (QED) is 0.827. The van der Waals surface area contributed by atoms with Crippen molar-refractivity contribution in [2.24, 2.45) is 0 Å². The van der Waals surface area contributed by atoms with E-state index in [1.54, 1.807) is 6.07 Å². The van der Waals surface area contributed by atoms with Gasteiger partial charge in [0.1, 0.15) is 11.0 Å². The van der Waals surface area contributed by atoms with Crippen LogP contribution >= 0.6 is 11.6 Å². The van der Waals surface area contributed by atoms with Gasteiger partial charge in [0.05, 0.1) is 0 Å². The molecular formula is C14H15ClN2. The van der Waals surface area contributed by atoms with Gasteiger partial charge in [0.15, 0.2) is 0 Å². The molecule has 0 bridgehead atoms. The molecule has 1 aromatic heterocycles. The monoisotopic (exact) mass is 246 g/mol. The van der Waals surface area contributed by atoms with Crippen LogP contribution in [-0.4, -0.2) is 11.5 Å². The van der Waals surface area contributed by atoms with Crippen LogP contribution in [0.3, 0.4) is 0 Å². The summed E-state index contributed by atoms with van der Waals surface area (Å²) in [4.78, 5) is 4.19. The first-order chi connectivity index (χ1) is 8.25. The Morgan fingerprint density at radius 3 is 2.59 bits per heavy atom. The van der Waals surface area contributed by atoms with E-state index in [1.807, 2.05) is 18.2 Å². The van der Waals surface area contributed by atoms with Gasteiger partial charge in [-0.3, -0.25) is 0 Å². The van der Waals surface area contributed by atoms with E-state index in [2.05, 4.69) is 41.5 Å². The van der Waals surface area contributed by atoms with Gasteiger partial charge in [0.25, 0.3) is 0 Å². The number of benzene rings is 1. The smallest absolute Gasteiger partial charge is 0.131 e. The van der Waals surface area contributed by atoms with E-state index in [0.717, 1.165) is 12.4 Å². The van der Waals surface area contributed by atoms with Crippen molar-refractivity contribution in [3.63, 3.8) is 0 Å². The standard InChI is InChI=1S/C14H15ClN2/c1-11(12-6-3-2-4-7-12)10-16-14-9-5-8-13(15)17-14/h2-9,11H,10H2,1H3,(H,16,17). The van der Waals surface area contributed by atoms with Crippen molar-refractivity contribution in [3.05, 3.63) is 59.2 Å². The van der Waals surface area contributed by atoms with E-state index in [1.165, 1.54) is 5.56 Å². The summed E-state index contributed by atoms with van der Waals surface area (Å²) >= 11 is 5.83. The van der Waals surface area contributed by atoms with Gasteiger partial charge < -0.3 is 5.32 Å². The highest BCUT2D eigenvalue weighted by Gasteiger charge is 2.04. The molecule has 2 aromatic rings. The molecule has 3 heteroatoms. The maximum atomic E-state index is 5.83. The molecule has 0 spiro atoms. The average Bonchev–Trinajstić information content (AvgIpc) is 2.37. The summed E-state index contributed by atoms with van der Waals surface area (Å²) in [5.41, 5.74) is 1.32. The molecule has 2 nitrogen and oxygen atoms in total. The lowest BCUT2D eigenvalue weighted by Gasteiger charge is -2.13. The van der Waals surface area contributed by atoms with Crippen molar-refractivity contribution >= 4 is 17.4 Å². The maximum absolute atomic E-state index is 5.83. The average molecular weight is 247 g/mol. The van der Waals surface area contributed by atoms with Crippen molar-refractivity contribution in [2.75, 3.05) is 11.9 Å². The molecule has 88 valence electrons. The summed E-state index contributed by atoms with van der Waals surface area (Å²) in [6.45, 7) is 3.03. The zero-order valence-corrected chi connectivity index (χ0v) is 10.5. The number of pyridine rings is 1. The minimum Gasteiger partial charge on any atom is -0.369 e. The van der Waals surface area contributed by atoms with Crippen LogP contribution in [0.25, 0.3) is 0 Å². The fourth-order valence-electron chi connectivity index (χ4n) is 1.66. The molecule has 1 N–H and O–H groups in total. The summed E-state index contributed by atoms with van der Waals surface area (Å²) in [6, 6.07) is 16.0. The lowest BCUT2D eigenvalue weighted by molar-refractivity contribution is 0.801. The van der Waals surface area contributed by atoms with Crippen LogP contribution in [0.5, 0.6) is 0 Å². The van der Waals surface area contributed by atoms with Gasteiger partial charge in [-0.05, 0) is 23.6 Å². The summed E-state index contributed by atoms with van der Waals surface area (Å²) in [5.74, 6) is 1.26. The second-order valence-electron chi connectivity index (χ2n) is 4.04. The minimum atomic E-state index is 0.442. The molecule has 0 aliphatic carbocycles. The van der Waals surface area contributed by atoms with Crippen molar-refractivity contribution in [2.45, 2.75) is 12.8 Å². The first kappa shape index (κ1) is 11.9. The van der Waals surface area contributed by atoms with E-state index < -0.39 is 0 Å². The molecule has 0 saturated carbocycles. The van der Waals surface area contributed by atoms with Crippen molar-refractivity contribution < 1.29 is 0 Å². The molecule has 2 rings (SSSR count). The lowest BCUT2D eigenvalue weighted by atomic mass is 10.0. The number of halogens is 1. The Balaban J connectivity index is 1.95. The van der Waals surface area contributed by atoms with Crippen LogP contribution in [0.2, 0.25) is 5.15 Å². The van der Waals surface area contributed by atoms with E-state index >= 15 is 0 Å². The summed E-state index contributed by atoms with van der Waals surface area (Å²) in [7, 11) is 0. The molecule has 1 atom stereocenters. The van der Waals surface area contributed by atoms with E-state index in [0.29, 0.717) is 11.1 Å². The van der Waals surface area contributed by atoms with Crippen molar-refractivity contribution in [1.29, 1.82) is 0 Å². The second kappa shape index (κ2) is 5.69. The first-order valence-electron chi connectivity index (χ1n) is 5.67. The van der Waals surface area contributed by atoms with E-state index in [9.17, 15) is 0 Å². The maximum Gasteiger partial charge on any atom is 0.131 e. The summed E-state index contributed by atoms with van der Waals surface area (Å²) in [5, 5.41) is 3.80. The molecule has 1 unspecified atom stereocenters. The number of aromatic nitrogens is 1. The molecule has 0 aliphatic rings. The van der Waals surface area contributed by atoms with Crippen LogP contribution in [0, 0.1) is 0 Å². The number of rotatable bonds is 4. The lowest BCUT2D eigenvalue weighted by Crippen LogP contribution is -2.10. The Morgan fingerprint density at radius 1 is 1.12 bits per heavy atom. The number of anilines is 1. The van der Waals surface area contributed by atoms with Gasteiger partial charge in [-0.15, -0.1) is 0 Å². The Hall–Kier alpha value is -1.54. The highest BCUT2D eigenvalue weighted by Crippen LogP contribution is 2.16. The third-order valence-electron chi connectivity index (χ3n) is 2.67. The number of nitrogens with zero attached hydrogens (tertiary/aromatic N) is 1. The minimum absolute atomic E-state index is 0.442. The molecule has 0 fully saturated rings. The van der Waals surface area contributed by atoms with E-state index in [-0.39, 0.29) is 0 Å². The summed E-state index contributed by atoms with van der Waals surface area (Å²) < 4.78 is 0. The molecule has 17 heavy (non-hydrogen) atoms. The largest absolute Gasteiger partial charge is 0.369 e. The normalized spacial score (nSPS) is 12.1. The van der Waals surface area contributed by atoms with Gasteiger partial charge in [0.2, 0.25) is 0 Å². The SMILES string of the molecule is CC(CNc1cccc(Cl)n1)c1ccccc1. The molecule has 1 aromatic carbocycles. The zero-order valence-electron chi connectivity index (χ0n) is 9.73. The molecule has 0 aliphatic heterocycles. The van der Waals surface area contributed by atoms with Gasteiger partial charge in [-0.1, -0.05) is 54.9 Å². The number of hydrogen-bond acceptors (Lipinski definition) is 2. The predicted molar refractivity (Wildman–Crippen MR) is 72.6 cm³/mol.